The van der Waals surface area contributed by atoms with E-state index in [1.54, 1.807) is 11.6 Å². The summed E-state index contributed by atoms with van der Waals surface area (Å²) < 4.78 is 7.11. The Balaban J connectivity index is 1.87. The van der Waals surface area contributed by atoms with E-state index in [1.807, 2.05) is 25.1 Å². The van der Waals surface area contributed by atoms with Gasteiger partial charge in [-0.3, -0.25) is 0 Å². The van der Waals surface area contributed by atoms with Crippen molar-refractivity contribution in [2.75, 3.05) is 11.9 Å². The number of nitrogens with one attached hydrogen (secondary N) is 1. The first-order valence-electron chi connectivity index (χ1n) is 7.00. The van der Waals surface area contributed by atoms with Crippen LogP contribution in [0.15, 0.2) is 18.2 Å². The second kappa shape index (κ2) is 5.53. The maximum absolute atomic E-state index is 11.3. The third-order valence-electron chi connectivity index (χ3n) is 3.67. The van der Waals surface area contributed by atoms with Crippen molar-refractivity contribution in [2.24, 2.45) is 0 Å². The van der Waals surface area contributed by atoms with Gasteiger partial charge in [0, 0.05) is 0 Å². The zero-order valence-electron chi connectivity index (χ0n) is 12.3. The van der Waals surface area contributed by atoms with Crippen LogP contribution in [0.3, 0.4) is 0 Å². The van der Waals surface area contributed by atoms with E-state index in [9.17, 15) is 9.90 Å². The molecule has 1 atom stereocenters. The van der Waals surface area contributed by atoms with Crippen LogP contribution in [0.4, 0.5) is 5.82 Å². The van der Waals surface area contributed by atoms with E-state index < -0.39 is 5.97 Å². The number of halogens is 1. The molecule has 3 rings (SSSR count). The highest BCUT2D eigenvalue weighted by atomic mass is 35.5. The summed E-state index contributed by atoms with van der Waals surface area (Å²) in [4.78, 5) is 11.3. The van der Waals surface area contributed by atoms with Gasteiger partial charge in [-0.05, 0) is 31.5 Å². The van der Waals surface area contributed by atoms with Crippen LogP contribution < -0.4 is 10.1 Å². The minimum Gasteiger partial charge on any atom is -0.492 e. The molecule has 0 bridgehead atoms. The average molecular weight is 322 g/mol. The molecular formula is C15H16ClN3O3. The highest BCUT2D eigenvalue weighted by Gasteiger charge is 2.30. The predicted molar refractivity (Wildman–Crippen MR) is 82.9 cm³/mol. The molecule has 0 saturated heterocycles. The van der Waals surface area contributed by atoms with Crippen molar-refractivity contribution >= 4 is 23.4 Å². The van der Waals surface area contributed by atoms with E-state index in [1.165, 1.54) is 0 Å². The van der Waals surface area contributed by atoms with Crippen LogP contribution in [0, 0.1) is 6.92 Å². The van der Waals surface area contributed by atoms with Crippen LogP contribution in [0.25, 0.3) is 0 Å². The summed E-state index contributed by atoms with van der Waals surface area (Å²) in [6.45, 7) is 4.71. The zero-order valence-corrected chi connectivity index (χ0v) is 13.0. The SMILES string of the molecule is CCOc1ccc([C@H]2Cn3nc(C)c(C(=O)O)c3N2)cc1Cl. The number of aromatic nitrogens is 2. The molecule has 1 aliphatic heterocycles. The summed E-state index contributed by atoms with van der Waals surface area (Å²) in [6.07, 6.45) is 0. The van der Waals surface area contributed by atoms with Crippen LogP contribution in [0.1, 0.15) is 34.6 Å². The second-order valence-corrected chi connectivity index (χ2v) is 5.52. The maximum Gasteiger partial charge on any atom is 0.341 e. The van der Waals surface area contributed by atoms with Gasteiger partial charge >= 0.3 is 5.97 Å². The van der Waals surface area contributed by atoms with Gasteiger partial charge in [0.2, 0.25) is 0 Å². The number of carbonyl (C=O) groups is 1. The van der Waals surface area contributed by atoms with Gasteiger partial charge in [-0.2, -0.15) is 5.10 Å². The number of hydrogen-bond acceptors (Lipinski definition) is 4. The van der Waals surface area contributed by atoms with Crippen molar-refractivity contribution in [3.63, 3.8) is 0 Å². The predicted octanol–water partition coefficient (Wildman–Crippen LogP) is 3.11. The molecule has 1 aromatic carbocycles. The third kappa shape index (κ3) is 2.39. The summed E-state index contributed by atoms with van der Waals surface area (Å²) in [7, 11) is 0. The van der Waals surface area contributed by atoms with Crippen LogP contribution in [0.2, 0.25) is 5.02 Å². The summed E-state index contributed by atoms with van der Waals surface area (Å²) in [5.41, 5.74) is 1.70. The Morgan fingerprint density at radius 1 is 1.59 bits per heavy atom. The molecule has 0 fully saturated rings. The molecule has 7 heteroatoms. The molecule has 2 aromatic rings. The Hall–Kier alpha value is -2.21. The molecule has 1 aliphatic rings. The fourth-order valence-corrected chi connectivity index (χ4v) is 2.94. The summed E-state index contributed by atoms with van der Waals surface area (Å²) in [5.74, 6) is 0.211. The number of carboxylic acids is 1. The molecule has 0 aliphatic carbocycles. The van der Waals surface area contributed by atoms with Crippen LogP contribution in [-0.4, -0.2) is 27.5 Å². The number of rotatable bonds is 4. The standard InChI is InChI=1S/C15H16ClN3O3/c1-3-22-12-5-4-9(6-10(12)16)11-7-19-14(17-11)13(15(20)21)8(2)18-19/h4-6,11,17H,3,7H2,1-2H3,(H,20,21)/t11-/m1/s1. The smallest absolute Gasteiger partial charge is 0.341 e. The number of anilines is 1. The van der Waals surface area contributed by atoms with Gasteiger partial charge in [0.25, 0.3) is 0 Å². The Kier molecular flexibility index (Phi) is 3.70. The van der Waals surface area contributed by atoms with E-state index in [4.69, 9.17) is 16.3 Å². The summed E-state index contributed by atoms with van der Waals surface area (Å²) in [5, 5.41) is 17.3. The number of carboxylic acid groups (broad SMARTS) is 1. The van der Waals surface area contributed by atoms with Gasteiger partial charge in [-0.15, -0.1) is 0 Å². The van der Waals surface area contributed by atoms with Crippen molar-refractivity contribution in [1.29, 1.82) is 0 Å². The molecule has 0 amide bonds. The normalized spacial score (nSPS) is 16.2. The molecular weight excluding hydrogens is 306 g/mol. The molecule has 2 heterocycles. The minimum absolute atomic E-state index is 0.0608. The van der Waals surface area contributed by atoms with Crippen molar-refractivity contribution in [3.05, 3.63) is 40.0 Å². The number of aromatic carboxylic acids is 1. The number of nitrogens with zero attached hydrogens (tertiary/aromatic N) is 2. The fraction of sp³-hybridized carbons (Fsp3) is 0.333. The summed E-state index contributed by atoms with van der Waals surface area (Å²) >= 11 is 6.21. The third-order valence-corrected chi connectivity index (χ3v) is 3.96. The minimum atomic E-state index is -0.975. The van der Waals surface area contributed by atoms with E-state index in [0.717, 1.165) is 5.56 Å². The zero-order chi connectivity index (χ0) is 15.9. The van der Waals surface area contributed by atoms with Crippen molar-refractivity contribution < 1.29 is 14.6 Å². The lowest BCUT2D eigenvalue weighted by atomic mass is 10.1. The molecule has 2 N–H and O–H groups in total. The van der Waals surface area contributed by atoms with Crippen LogP contribution >= 0.6 is 11.6 Å². The molecule has 116 valence electrons. The Bertz CT molecular complexity index is 742. The number of benzene rings is 1. The molecule has 0 unspecified atom stereocenters. The average Bonchev–Trinajstić information content (AvgIpc) is 2.97. The van der Waals surface area contributed by atoms with Crippen molar-refractivity contribution in [1.82, 2.24) is 9.78 Å². The van der Waals surface area contributed by atoms with Gasteiger partial charge in [-0.25, -0.2) is 9.48 Å². The molecule has 0 radical (unpaired) electrons. The van der Waals surface area contributed by atoms with Crippen LogP contribution in [0.5, 0.6) is 5.75 Å². The Morgan fingerprint density at radius 2 is 2.36 bits per heavy atom. The first-order valence-corrected chi connectivity index (χ1v) is 7.38. The van der Waals surface area contributed by atoms with Gasteiger partial charge in [0.15, 0.2) is 0 Å². The molecule has 6 nitrogen and oxygen atoms in total. The first-order chi connectivity index (χ1) is 10.5. The lowest BCUT2D eigenvalue weighted by molar-refractivity contribution is 0.0697. The lowest BCUT2D eigenvalue weighted by Gasteiger charge is -2.13. The van der Waals surface area contributed by atoms with E-state index >= 15 is 0 Å². The van der Waals surface area contributed by atoms with Crippen LogP contribution in [-0.2, 0) is 6.54 Å². The monoisotopic (exact) mass is 321 g/mol. The van der Waals surface area contributed by atoms with E-state index in [-0.39, 0.29) is 11.6 Å². The van der Waals surface area contributed by atoms with Gasteiger partial charge in [0.1, 0.15) is 17.1 Å². The van der Waals surface area contributed by atoms with Gasteiger partial charge < -0.3 is 15.2 Å². The number of hydrogen-bond donors (Lipinski definition) is 2. The van der Waals surface area contributed by atoms with E-state index in [2.05, 4.69) is 10.4 Å². The Labute approximate surface area is 132 Å². The molecule has 22 heavy (non-hydrogen) atoms. The number of ether oxygens (including phenoxy) is 1. The quantitative estimate of drug-likeness (QED) is 0.905. The molecule has 1 aromatic heterocycles. The number of fused-ring (bicyclic) bond motifs is 1. The van der Waals surface area contributed by atoms with E-state index in [0.29, 0.717) is 35.4 Å². The maximum atomic E-state index is 11.3. The van der Waals surface area contributed by atoms with Gasteiger partial charge in [-0.1, -0.05) is 17.7 Å². The summed E-state index contributed by atoms with van der Waals surface area (Å²) in [6, 6.07) is 5.53. The highest BCUT2D eigenvalue weighted by molar-refractivity contribution is 6.32. The second-order valence-electron chi connectivity index (χ2n) is 5.12. The van der Waals surface area contributed by atoms with Crippen molar-refractivity contribution in [2.45, 2.75) is 26.4 Å². The van der Waals surface area contributed by atoms with Gasteiger partial charge in [0.05, 0.1) is 29.9 Å². The largest absolute Gasteiger partial charge is 0.492 e. The molecule has 0 spiro atoms. The fourth-order valence-electron chi connectivity index (χ4n) is 2.70. The molecule has 0 saturated carbocycles. The first kappa shape index (κ1) is 14.7. The van der Waals surface area contributed by atoms with Crippen molar-refractivity contribution in [3.8, 4) is 5.75 Å². The lowest BCUT2D eigenvalue weighted by Crippen LogP contribution is -2.10. The number of aryl methyl sites for hydroxylation is 1. The topological polar surface area (TPSA) is 76.4 Å². The highest BCUT2D eigenvalue weighted by Crippen LogP contribution is 2.35. The Morgan fingerprint density at radius 3 is 3.00 bits per heavy atom.